The third-order valence-corrected chi connectivity index (χ3v) is 3.78. The molecule has 0 unspecified atom stereocenters. The molecule has 0 atom stereocenters. The van der Waals surface area contributed by atoms with Crippen LogP contribution in [0.2, 0.25) is 0 Å². The molecule has 25 heavy (non-hydrogen) atoms. The second-order valence-corrected chi connectivity index (χ2v) is 5.65. The predicted molar refractivity (Wildman–Crippen MR) is 100 cm³/mol. The number of aryl methyl sites for hydroxylation is 1. The molecule has 0 aliphatic heterocycles. The summed E-state index contributed by atoms with van der Waals surface area (Å²) in [4.78, 5) is 23.2. The van der Waals surface area contributed by atoms with Gasteiger partial charge in [-0.2, -0.15) is 0 Å². The van der Waals surface area contributed by atoms with E-state index in [-0.39, 0.29) is 5.91 Å². The van der Waals surface area contributed by atoms with Crippen molar-refractivity contribution in [1.82, 2.24) is 9.97 Å². The number of carbonyl (C=O) groups excluding carboxylic acids is 1. The maximum atomic E-state index is 12.4. The van der Waals surface area contributed by atoms with Gasteiger partial charge < -0.3 is 10.2 Å². The van der Waals surface area contributed by atoms with Crippen LogP contribution in [0.3, 0.4) is 0 Å². The highest BCUT2D eigenvalue weighted by molar-refractivity contribution is 6.03. The van der Waals surface area contributed by atoms with Crippen molar-refractivity contribution in [3.63, 3.8) is 0 Å². The zero-order valence-corrected chi connectivity index (χ0v) is 14.3. The normalized spacial score (nSPS) is 10.3. The van der Waals surface area contributed by atoms with Crippen LogP contribution in [0.25, 0.3) is 0 Å². The van der Waals surface area contributed by atoms with Gasteiger partial charge in [0.25, 0.3) is 5.91 Å². The summed E-state index contributed by atoms with van der Waals surface area (Å²) in [6.45, 7) is 4.78. The predicted octanol–water partition coefficient (Wildman–Crippen LogP) is 4.20. The Bertz CT molecular complexity index is 864. The topological polar surface area (TPSA) is 58.1 Å². The summed E-state index contributed by atoms with van der Waals surface area (Å²) >= 11 is 0. The first-order valence-corrected chi connectivity index (χ1v) is 8.21. The van der Waals surface area contributed by atoms with Gasteiger partial charge in [-0.3, -0.25) is 4.79 Å². The molecule has 1 N–H and O–H groups in total. The molecular weight excluding hydrogens is 312 g/mol. The number of carbonyl (C=O) groups is 1. The highest BCUT2D eigenvalue weighted by Crippen LogP contribution is 2.22. The van der Waals surface area contributed by atoms with Crippen molar-refractivity contribution >= 4 is 23.2 Å². The number of aromatic nitrogens is 2. The van der Waals surface area contributed by atoms with E-state index < -0.39 is 0 Å². The minimum absolute atomic E-state index is 0.254. The quantitative estimate of drug-likeness (QED) is 0.761. The molecule has 0 aliphatic carbocycles. The summed E-state index contributed by atoms with van der Waals surface area (Å²) < 4.78 is 0. The molecule has 0 aliphatic rings. The highest BCUT2D eigenvalue weighted by Gasteiger charge is 2.14. The van der Waals surface area contributed by atoms with Crippen LogP contribution in [0.15, 0.2) is 66.9 Å². The monoisotopic (exact) mass is 332 g/mol. The lowest BCUT2D eigenvalue weighted by atomic mass is 10.2. The van der Waals surface area contributed by atoms with Gasteiger partial charge in [0, 0.05) is 24.1 Å². The average molecular weight is 332 g/mol. The summed E-state index contributed by atoms with van der Waals surface area (Å²) in [5.74, 6) is 0.254. The van der Waals surface area contributed by atoms with Crippen molar-refractivity contribution in [2.75, 3.05) is 16.8 Å². The minimum atomic E-state index is -0.254. The molecule has 0 radical (unpaired) electrons. The fourth-order valence-electron chi connectivity index (χ4n) is 2.56. The molecule has 3 rings (SSSR count). The first-order valence-electron chi connectivity index (χ1n) is 8.21. The van der Waals surface area contributed by atoms with Crippen molar-refractivity contribution in [2.45, 2.75) is 13.8 Å². The molecule has 5 heteroatoms. The van der Waals surface area contributed by atoms with Gasteiger partial charge in [0.15, 0.2) is 0 Å². The summed E-state index contributed by atoms with van der Waals surface area (Å²) in [6.07, 6.45) is 1.61. The Morgan fingerprint density at radius 1 is 1.08 bits per heavy atom. The number of nitrogens with one attached hydrogen (secondary N) is 1. The highest BCUT2D eigenvalue weighted by atomic mass is 16.1. The van der Waals surface area contributed by atoms with E-state index in [1.807, 2.05) is 67.3 Å². The Labute approximate surface area is 147 Å². The zero-order valence-electron chi connectivity index (χ0n) is 14.3. The molecule has 0 saturated heterocycles. The first kappa shape index (κ1) is 16.6. The molecule has 5 nitrogen and oxygen atoms in total. The fraction of sp³-hybridized carbons (Fsp3) is 0.150. The van der Waals surface area contributed by atoms with Crippen molar-refractivity contribution in [2.24, 2.45) is 0 Å². The van der Waals surface area contributed by atoms with Gasteiger partial charge in [-0.05, 0) is 49.7 Å². The van der Waals surface area contributed by atoms with E-state index in [4.69, 9.17) is 0 Å². The van der Waals surface area contributed by atoms with E-state index in [1.165, 1.54) is 0 Å². The van der Waals surface area contributed by atoms with E-state index in [1.54, 1.807) is 12.3 Å². The number of benzene rings is 2. The van der Waals surface area contributed by atoms with E-state index in [0.717, 1.165) is 16.9 Å². The molecule has 126 valence electrons. The Morgan fingerprint density at radius 3 is 2.60 bits per heavy atom. The van der Waals surface area contributed by atoms with Crippen LogP contribution < -0.4 is 10.2 Å². The third-order valence-electron chi connectivity index (χ3n) is 3.78. The summed E-state index contributed by atoms with van der Waals surface area (Å²) in [5, 5.41) is 2.84. The van der Waals surface area contributed by atoms with Crippen molar-refractivity contribution in [1.29, 1.82) is 0 Å². The largest absolute Gasteiger partial charge is 0.321 e. The standard InChI is InChI=1S/C20H20N4O/c1-3-24(17-11-7-8-15(2)14-17)20-21-13-12-18(23-20)19(25)22-16-9-5-4-6-10-16/h4-14H,3H2,1-2H3,(H,22,25). The summed E-state index contributed by atoms with van der Waals surface area (Å²) in [7, 11) is 0. The van der Waals surface area contributed by atoms with Crippen molar-refractivity contribution in [3.05, 3.63) is 78.1 Å². The maximum absolute atomic E-state index is 12.4. The molecule has 2 aromatic carbocycles. The molecule has 3 aromatic rings. The van der Waals surface area contributed by atoms with Gasteiger partial charge in [-0.25, -0.2) is 9.97 Å². The molecule has 0 saturated carbocycles. The van der Waals surface area contributed by atoms with Crippen molar-refractivity contribution in [3.8, 4) is 0 Å². The van der Waals surface area contributed by atoms with Gasteiger partial charge in [-0.15, -0.1) is 0 Å². The van der Waals surface area contributed by atoms with Crippen LogP contribution in [0.5, 0.6) is 0 Å². The van der Waals surface area contributed by atoms with E-state index in [9.17, 15) is 4.79 Å². The zero-order chi connectivity index (χ0) is 17.6. The molecule has 1 heterocycles. The van der Waals surface area contributed by atoms with Crippen LogP contribution in [-0.4, -0.2) is 22.4 Å². The number of amides is 1. The first-order chi connectivity index (χ1) is 12.2. The van der Waals surface area contributed by atoms with Gasteiger partial charge in [-0.1, -0.05) is 30.3 Å². The lowest BCUT2D eigenvalue weighted by Crippen LogP contribution is -2.21. The van der Waals surface area contributed by atoms with Crippen LogP contribution in [0, 0.1) is 6.92 Å². The SMILES string of the molecule is CCN(c1cccc(C)c1)c1nccc(C(=O)Nc2ccccc2)n1. The van der Waals surface area contributed by atoms with Crippen LogP contribution in [0.1, 0.15) is 23.0 Å². The number of nitrogens with zero attached hydrogens (tertiary/aromatic N) is 3. The fourth-order valence-corrected chi connectivity index (χ4v) is 2.56. The Balaban J connectivity index is 1.86. The van der Waals surface area contributed by atoms with Gasteiger partial charge in [0.2, 0.25) is 5.95 Å². The molecule has 0 bridgehead atoms. The molecule has 0 fully saturated rings. The third kappa shape index (κ3) is 4.01. The smallest absolute Gasteiger partial charge is 0.274 e. The number of hydrogen-bond acceptors (Lipinski definition) is 4. The lowest BCUT2D eigenvalue weighted by Gasteiger charge is -2.21. The number of hydrogen-bond donors (Lipinski definition) is 1. The average Bonchev–Trinajstić information content (AvgIpc) is 2.63. The van der Waals surface area contributed by atoms with E-state index in [0.29, 0.717) is 18.2 Å². The molecule has 1 amide bonds. The Hall–Kier alpha value is -3.21. The van der Waals surface area contributed by atoms with Crippen molar-refractivity contribution < 1.29 is 4.79 Å². The van der Waals surface area contributed by atoms with Crippen LogP contribution in [-0.2, 0) is 0 Å². The molecule has 0 spiro atoms. The number of anilines is 3. The number of rotatable bonds is 5. The van der Waals surface area contributed by atoms with Gasteiger partial charge in [0.05, 0.1) is 0 Å². The van der Waals surface area contributed by atoms with Crippen LogP contribution in [0.4, 0.5) is 17.3 Å². The minimum Gasteiger partial charge on any atom is -0.321 e. The second-order valence-electron chi connectivity index (χ2n) is 5.65. The summed E-state index contributed by atoms with van der Waals surface area (Å²) in [6, 6.07) is 19.1. The van der Waals surface area contributed by atoms with Crippen LogP contribution >= 0.6 is 0 Å². The van der Waals surface area contributed by atoms with Gasteiger partial charge >= 0.3 is 0 Å². The maximum Gasteiger partial charge on any atom is 0.274 e. The van der Waals surface area contributed by atoms with E-state index in [2.05, 4.69) is 21.4 Å². The molecular formula is C20H20N4O. The lowest BCUT2D eigenvalue weighted by molar-refractivity contribution is 0.102. The van der Waals surface area contributed by atoms with E-state index >= 15 is 0 Å². The molecule has 1 aromatic heterocycles. The Morgan fingerprint density at radius 2 is 1.88 bits per heavy atom. The summed E-state index contributed by atoms with van der Waals surface area (Å²) in [5.41, 5.74) is 3.23. The second kappa shape index (κ2) is 7.57. The Kier molecular flexibility index (Phi) is 5.04. The number of para-hydroxylation sites is 1. The van der Waals surface area contributed by atoms with Gasteiger partial charge in [0.1, 0.15) is 5.69 Å².